The van der Waals surface area contributed by atoms with Crippen molar-refractivity contribution in [2.45, 2.75) is 83.8 Å². The molecule has 1 saturated heterocycles. The van der Waals surface area contributed by atoms with Crippen molar-refractivity contribution in [3.8, 4) is 0 Å². The molecule has 172 valence electrons. The summed E-state index contributed by atoms with van der Waals surface area (Å²) >= 11 is 2.10. The predicted octanol–water partition coefficient (Wildman–Crippen LogP) is 5.28. The van der Waals surface area contributed by atoms with Crippen molar-refractivity contribution in [3.63, 3.8) is 0 Å². The SMILES string of the molecule is CCCC[C@H](C)C[C@H](O)/C=C/[C@@H]1[C@H]2CC(CCSCCN3CCCC3)=C[C@H]2C[C@H]1O. The van der Waals surface area contributed by atoms with Gasteiger partial charge in [0.2, 0.25) is 0 Å². The molecule has 2 fully saturated rings. The minimum absolute atomic E-state index is 0.215. The summed E-state index contributed by atoms with van der Waals surface area (Å²) in [4.78, 5) is 2.60. The lowest BCUT2D eigenvalue weighted by molar-refractivity contribution is 0.139. The Morgan fingerprint density at radius 1 is 1.27 bits per heavy atom. The Morgan fingerprint density at radius 2 is 2.07 bits per heavy atom. The smallest absolute Gasteiger partial charge is 0.0723 e. The average molecular weight is 436 g/mol. The second-order valence-electron chi connectivity index (χ2n) is 10.1. The van der Waals surface area contributed by atoms with Gasteiger partial charge in [-0.25, -0.2) is 0 Å². The van der Waals surface area contributed by atoms with E-state index in [1.807, 2.05) is 6.08 Å². The number of hydrogen-bond donors (Lipinski definition) is 2. The molecular weight excluding hydrogens is 390 g/mol. The van der Waals surface area contributed by atoms with E-state index in [2.05, 4.69) is 42.7 Å². The molecule has 0 bridgehead atoms. The van der Waals surface area contributed by atoms with Crippen LogP contribution in [-0.4, -0.2) is 58.5 Å². The van der Waals surface area contributed by atoms with E-state index in [4.69, 9.17) is 0 Å². The predicted molar refractivity (Wildman–Crippen MR) is 130 cm³/mol. The number of nitrogens with zero attached hydrogens (tertiary/aromatic N) is 1. The monoisotopic (exact) mass is 435 g/mol. The third kappa shape index (κ3) is 7.39. The number of likely N-dealkylation sites (tertiary alicyclic amines) is 1. The summed E-state index contributed by atoms with van der Waals surface area (Å²) in [6, 6.07) is 0. The summed E-state index contributed by atoms with van der Waals surface area (Å²) in [5.74, 6) is 4.36. The molecule has 0 aromatic carbocycles. The highest BCUT2D eigenvalue weighted by Gasteiger charge is 2.43. The Kier molecular flexibility index (Phi) is 10.3. The molecule has 1 heterocycles. The zero-order valence-electron chi connectivity index (χ0n) is 19.3. The number of fused-ring (bicyclic) bond motifs is 1. The van der Waals surface area contributed by atoms with Gasteiger partial charge in [0.05, 0.1) is 12.2 Å². The molecule has 6 atom stereocenters. The molecule has 30 heavy (non-hydrogen) atoms. The number of hydrogen-bond acceptors (Lipinski definition) is 4. The molecule has 0 unspecified atom stereocenters. The second kappa shape index (κ2) is 12.7. The van der Waals surface area contributed by atoms with Crippen LogP contribution in [0.15, 0.2) is 23.8 Å². The lowest BCUT2D eigenvalue weighted by Gasteiger charge is -2.19. The summed E-state index contributed by atoms with van der Waals surface area (Å²) in [6.45, 7) is 8.33. The minimum atomic E-state index is -0.371. The molecule has 3 rings (SSSR count). The Labute approximate surface area is 189 Å². The fourth-order valence-corrected chi connectivity index (χ4v) is 6.71. The van der Waals surface area contributed by atoms with Crippen LogP contribution in [-0.2, 0) is 0 Å². The maximum Gasteiger partial charge on any atom is 0.0723 e. The first kappa shape index (κ1) is 24.4. The Balaban J connectivity index is 1.36. The molecule has 1 saturated carbocycles. The topological polar surface area (TPSA) is 43.7 Å². The van der Waals surface area contributed by atoms with Crippen molar-refractivity contribution in [1.82, 2.24) is 4.90 Å². The molecule has 3 nitrogen and oxygen atoms in total. The molecule has 2 N–H and O–H groups in total. The van der Waals surface area contributed by atoms with Crippen molar-refractivity contribution in [3.05, 3.63) is 23.8 Å². The summed E-state index contributed by atoms with van der Waals surface area (Å²) in [7, 11) is 0. The summed E-state index contributed by atoms with van der Waals surface area (Å²) in [5, 5.41) is 21.0. The molecule has 0 aromatic rings. The van der Waals surface area contributed by atoms with Gasteiger partial charge in [0, 0.05) is 18.2 Å². The number of aliphatic hydroxyl groups excluding tert-OH is 2. The number of rotatable bonds is 13. The number of allylic oxidation sites excluding steroid dienone is 2. The van der Waals surface area contributed by atoms with E-state index in [1.54, 1.807) is 5.57 Å². The number of unbranched alkanes of at least 4 members (excludes halogenated alkanes) is 1. The van der Waals surface area contributed by atoms with E-state index in [-0.39, 0.29) is 18.1 Å². The highest BCUT2D eigenvalue weighted by Crippen LogP contribution is 2.48. The van der Waals surface area contributed by atoms with Crippen molar-refractivity contribution < 1.29 is 10.2 Å². The fraction of sp³-hybridized carbons (Fsp3) is 0.846. The van der Waals surface area contributed by atoms with Crippen LogP contribution in [0, 0.1) is 23.7 Å². The quantitative estimate of drug-likeness (QED) is 0.305. The van der Waals surface area contributed by atoms with Gasteiger partial charge in [-0.2, -0.15) is 11.8 Å². The maximum atomic E-state index is 10.6. The van der Waals surface area contributed by atoms with Crippen LogP contribution in [0.4, 0.5) is 0 Å². The van der Waals surface area contributed by atoms with E-state index in [1.165, 1.54) is 69.7 Å². The van der Waals surface area contributed by atoms with Gasteiger partial charge in [-0.3, -0.25) is 0 Å². The largest absolute Gasteiger partial charge is 0.392 e. The van der Waals surface area contributed by atoms with E-state index in [9.17, 15) is 10.2 Å². The third-order valence-electron chi connectivity index (χ3n) is 7.52. The van der Waals surface area contributed by atoms with Gasteiger partial charge in [0.1, 0.15) is 0 Å². The summed E-state index contributed by atoms with van der Waals surface area (Å²) in [5.41, 5.74) is 1.61. The Bertz CT molecular complexity index is 557. The zero-order chi connectivity index (χ0) is 21.3. The van der Waals surface area contributed by atoms with Gasteiger partial charge in [0.25, 0.3) is 0 Å². The molecule has 2 aliphatic carbocycles. The Morgan fingerprint density at radius 3 is 2.83 bits per heavy atom. The van der Waals surface area contributed by atoms with Crippen LogP contribution < -0.4 is 0 Å². The normalized spacial score (nSPS) is 31.4. The zero-order valence-corrected chi connectivity index (χ0v) is 20.2. The van der Waals surface area contributed by atoms with Crippen molar-refractivity contribution in [2.75, 3.05) is 31.1 Å². The highest BCUT2D eigenvalue weighted by atomic mass is 32.2. The summed E-state index contributed by atoms with van der Waals surface area (Å²) in [6.07, 6.45) is 16.5. The van der Waals surface area contributed by atoms with E-state index in [0.717, 1.165) is 19.3 Å². The first-order chi connectivity index (χ1) is 14.6. The molecule has 0 spiro atoms. The van der Waals surface area contributed by atoms with E-state index >= 15 is 0 Å². The molecule has 3 aliphatic rings. The van der Waals surface area contributed by atoms with Gasteiger partial charge in [0.15, 0.2) is 0 Å². The molecule has 0 aromatic heterocycles. The number of aliphatic hydroxyl groups is 2. The minimum Gasteiger partial charge on any atom is -0.392 e. The van der Waals surface area contributed by atoms with Gasteiger partial charge in [-0.05, 0) is 75.1 Å². The van der Waals surface area contributed by atoms with Crippen LogP contribution >= 0.6 is 11.8 Å². The van der Waals surface area contributed by atoms with Crippen molar-refractivity contribution in [1.29, 1.82) is 0 Å². The molecule has 0 radical (unpaired) electrons. The molecular formula is C26H45NO2S. The van der Waals surface area contributed by atoms with Crippen LogP contribution in [0.25, 0.3) is 0 Å². The molecule has 1 aliphatic heterocycles. The van der Waals surface area contributed by atoms with Crippen molar-refractivity contribution >= 4 is 11.8 Å². The van der Waals surface area contributed by atoms with Gasteiger partial charge in [-0.1, -0.05) is 56.9 Å². The first-order valence-corrected chi connectivity index (χ1v) is 13.8. The third-order valence-corrected chi connectivity index (χ3v) is 8.48. The summed E-state index contributed by atoms with van der Waals surface area (Å²) < 4.78 is 0. The van der Waals surface area contributed by atoms with Crippen LogP contribution in [0.2, 0.25) is 0 Å². The van der Waals surface area contributed by atoms with Crippen LogP contribution in [0.3, 0.4) is 0 Å². The number of thioether (sulfide) groups is 1. The van der Waals surface area contributed by atoms with Gasteiger partial charge >= 0.3 is 0 Å². The Hall–Kier alpha value is -0.290. The van der Waals surface area contributed by atoms with Gasteiger partial charge < -0.3 is 15.1 Å². The highest BCUT2D eigenvalue weighted by molar-refractivity contribution is 7.99. The van der Waals surface area contributed by atoms with E-state index in [0.29, 0.717) is 17.8 Å². The molecule has 4 heteroatoms. The maximum absolute atomic E-state index is 10.6. The lowest BCUT2D eigenvalue weighted by Crippen LogP contribution is -2.22. The van der Waals surface area contributed by atoms with Crippen molar-refractivity contribution in [2.24, 2.45) is 23.7 Å². The van der Waals surface area contributed by atoms with Gasteiger partial charge in [-0.15, -0.1) is 0 Å². The first-order valence-electron chi connectivity index (χ1n) is 12.6. The fourth-order valence-electron chi connectivity index (χ4n) is 5.71. The standard InChI is InChI=1S/C26H45NO2S/c1-3-4-7-20(2)16-23(28)8-9-24-25-18-21(17-22(25)19-26(24)29)10-14-30-15-13-27-11-5-6-12-27/h8-9,17,20,22-26,28-29H,3-7,10-16,18-19H2,1-2H3/b9-8+/t20-,22-,23+,24+,25-,26+/m0/s1. The lowest BCUT2D eigenvalue weighted by atomic mass is 9.88. The second-order valence-corrected chi connectivity index (χ2v) is 11.3. The van der Waals surface area contributed by atoms with Crippen LogP contribution in [0.5, 0.6) is 0 Å². The average Bonchev–Trinajstić information content (AvgIpc) is 3.42. The van der Waals surface area contributed by atoms with Crippen LogP contribution in [0.1, 0.15) is 71.6 Å². The van der Waals surface area contributed by atoms with E-state index < -0.39 is 0 Å². The molecule has 0 amide bonds.